The summed E-state index contributed by atoms with van der Waals surface area (Å²) in [6.45, 7) is 0.0249. The van der Waals surface area contributed by atoms with Crippen molar-refractivity contribution in [2.75, 3.05) is 5.32 Å². The van der Waals surface area contributed by atoms with Gasteiger partial charge in [0.2, 0.25) is 0 Å². The Labute approximate surface area is 146 Å². The normalized spacial score (nSPS) is 10.5. The van der Waals surface area contributed by atoms with Crippen LogP contribution in [0.2, 0.25) is 5.02 Å². The van der Waals surface area contributed by atoms with Gasteiger partial charge in [-0.25, -0.2) is 4.39 Å². The number of carbonyl (C=O) groups excluding carboxylic acids is 2. The third-order valence-electron chi connectivity index (χ3n) is 3.23. The summed E-state index contributed by atoms with van der Waals surface area (Å²) in [5.74, 6) is -0.855. The van der Waals surface area contributed by atoms with Gasteiger partial charge in [-0.3, -0.25) is 9.59 Å². The lowest BCUT2D eigenvalue weighted by Crippen LogP contribution is -2.34. The number of hydrogen-bond donors (Lipinski definition) is 2. The third-order valence-corrected chi connectivity index (χ3v) is 3.52. The van der Waals surface area contributed by atoms with Crippen LogP contribution in [0.1, 0.15) is 5.76 Å². The Morgan fingerprint density at radius 2 is 1.92 bits per heavy atom. The van der Waals surface area contributed by atoms with Gasteiger partial charge in [0.1, 0.15) is 11.6 Å². The number of carbonyl (C=O) groups is 2. The lowest BCUT2D eigenvalue weighted by Gasteiger charge is -2.06. The van der Waals surface area contributed by atoms with E-state index in [4.69, 9.17) is 20.4 Å². The van der Waals surface area contributed by atoms with Crippen molar-refractivity contribution in [3.8, 4) is 11.5 Å². The molecule has 0 aliphatic heterocycles. The summed E-state index contributed by atoms with van der Waals surface area (Å²) in [6.07, 6.45) is 1.52. The number of rotatable bonds is 4. The van der Waals surface area contributed by atoms with Crippen molar-refractivity contribution >= 4 is 29.1 Å². The molecule has 0 unspecified atom stereocenters. The van der Waals surface area contributed by atoms with E-state index in [1.54, 1.807) is 24.3 Å². The van der Waals surface area contributed by atoms with Gasteiger partial charge >= 0.3 is 11.8 Å². The lowest BCUT2D eigenvalue weighted by molar-refractivity contribution is -0.136. The van der Waals surface area contributed by atoms with Crippen LogP contribution < -0.4 is 10.6 Å². The number of amides is 2. The van der Waals surface area contributed by atoms with Crippen LogP contribution in [0.15, 0.2) is 57.6 Å². The van der Waals surface area contributed by atoms with E-state index in [1.807, 2.05) is 0 Å². The quantitative estimate of drug-likeness (QED) is 0.695. The van der Waals surface area contributed by atoms with Crippen molar-refractivity contribution in [1.29, 1.82) is 0 Å². The van der Waals surface area contributed by atoms with Gasteiger partial charge < -0.3 is 19.5 Å². The van der Waals surface area contributed by atoms with E-state index in [2.05, 4.69) is 10.6 Å². The largest absolute Gasteiger partial charge is 0.461 e. The van der Waals surface area contributed by atoms with E-state index in [9.17, 15) is 14.0 Å². The lowest BCUT2D eigenvalue weighted by atomic mass is 10.3. The number of hydrogen-bond acceptors (Lipinski definition) is 4. The van der Waals surface area contributed by atoms with Crippen LogP contribution in [0.3, 0.4) is 0 Å². The smallest absolute Gasteiger partial charge is 0.313 e. The van der Waals surface area contributed by atoms with Crippen molar-refractivity contribution in [2.24, 2.45) is 0 Å². The minimum atomic E-state index is -0.902. The monoisotopic (exact) mass is 362 g/mol. The first-order chi connectivity index (χ1) is 12.0. The molecule has 3 rings (SSSR count). The van der Waals surface area contributed by atoms with Crippen LogP contribution in [-0.4, -0.2) is 11.8 Å². The predicted molar refractivity (Wildman–Crippen MR) is 88.3 cm³/mol. The molecule has 1 aromatic carbocycles. The molecule has 0 aliphatic carbocycles. The maximum Gasteiger partial charge on any atom is 0.313 e. The summed E-state index contributed by atoms with van der Waals surface area (Å²) in [7, 11) is 0. The maximum atomic E-state index is 13.1. The molecule has 6 nitrogen and oxygen atoms in total. The standard InChI is InChI=1S/C17H12ClFN2O4/c18-12-8-10(3-5-13(12)19)21-17(23)16(22)20-9-11-4-6-15(25-11)14-2-1-7-24-14/h1-8H,9H2,(H,20,22)(H,21,23). The minimum absolute atomic E-state index is 0.0249. The maximum absolute atomic E-state index is 13.1. The van der Waals surface area contributed by atoms with Crippen LogP contribution >= 0.6 is 11.6 Å². The molecule has 128 valence electrons. The molecular formula is C17H12ClFN2O4. The highest BCUT2D eigenvalue weighted by Crippen LogP contribution is 2.22. The zero-order valence-electron chi connectivity index (χ0n) is 12.7. The molecule has 2 heterocycles. The summed E-state index contributed by atoms with van der Waals surface area (Å²) in [5, 5.41) is 4.59. The fourth-order valence-electron chi connectivity index (χ4n) is 2.03. The van der Waals surface area contributed by atoms with Gasteiger partial charge in [-0.1, -0.05) is 11.6 Å². The van der Waals surface area contributed by atoms with Gasteiger partial charge in [-0.05, 0) is 42.5 Å². The topological polar surface area (TPSA) is 84.5 Å². The predicted octanol–water partition coefficient (Wildman–Crippen LogP) is 3.59. The highest BCUT2D eigenvalue weighted by Gasteiger charge is 2.15. The van der Waals surface area contributed by atoms with E-state index >= 15 is 0 Å². The summed E-state index contributed by atoms with van der Waals surface area (Å²) in [5.41, 5.74) is 0.213. The van der Waals surface area contributed by atoms with Crippen LogP contribution in [0.4, 0.5) is 10.1 Å². The molecule has 2 aromatic heterocycles. The summed E-state index contributed by atoms with van der Waals surface area (Å²) in [4.78, 5) is 23.6. The molecule has 0 radical (unpaired) electrons. The van der Waals surface area contributed by atoms with Gasteiger partial charge in [0.25, 0.3) is 0 Å². The molecule has 2 N–H and O–H groups in total. The zero-order chi connectivity index (χ0) is 17.8. The van der Waals surface area contributed by atoms with Gasteiger partial charge in [-0.15, -0.1) is 0 Å². The van der Waals surface area contributed by atoms with Crippen LogP contribution in [0.25, 0.3) is 11.5 Å². The SMILES string of the molecule is O=C(NCc1ccc(-c2ccco2)o1)C(=O)Nc1ccc(F)c(Cl)c1. The van der Waals surface area contributed by atoms with Crippen molar-refractivity contribution in [2.45, 2.75) is 6.54 Å². The fraction of sp³-hybridized carbons (Fsp3) is 0.0588. The minimum Gasteiger partial charge on any atom is -0.461 e. The van der Waals surface area contributed by atoms with Crippen LogP contribution in [0, 0.1) is 5.82 Å². The first-order valence-corrected chi connectivity index (χ1v) is 7.57. The molecule has 25 heavy (non-hydrogen) atoms. The number of halogens is 2. The molecule has 0 saturated heterocycles. The van der Waals surface area contributed by atoms with Crippen molar-refractivity contribution in [3.63, 3.8) is 0 Å². The number of nitrogens with one attached hydrogen (secondary N) is 2. The summed E-state index contributed by atoms with van der Waals surface area (Å²) < 4.78 is 23.8. The highest BCUT2D eigenvalue weighted by molar-refractivity contribution is 6.39. The number of furan rings is 2. The van der Waals surface area contributed by atoms with Gasteiger partial charge in [0, 0.05) is 5.69 Å². The second kappa shape index (κ2) is 7.23. The number of benzene rings is 1. The number of anilines is 1. The van der Waals surface area contributed by atoms with E-state index in [-0.39, 0.29) is 17.3 Å². The molecule has 2 amide bonds. The molecule has 8 heteroatoms. The third kappa shape index (κ3) is 4.07. The van der Waals surface area contributed by atoms with Crippen molar-refractivity contribution in [3.05, 3.63) is 65.3 Å². The Kier molecular flexibility index (Phi) is 4.85. The summed E-state index contributed by atoms with van der Waals surface area (Å²) >= 11 is 5.62. The molecule has 0 fully saturated rings. The van der Waals surface area contributed by atoms with E-state index in [1.165, 1.54) is 18.4 Å². The van der Waals surface area contributed by atoms with Crippen molar-refractivity contribution < 1.29 is 22.8 Å². The van der Waals surface area contributed by atoms with Gasteiger partial charge in [0.05, 0.1) is 17.8 Å². The zero-order valence-corrected chi connectivity index (χ0v) is 13.5. The Morgan fingerprint density at radius 3 is 2.64 bits per heavy atom. The highest BCUT2D eigenvalue weighted by atomic mass is 35.5. The fourth-order valence-corrected chi connectivity index (χ4v) is 2.21. The Hall–Kier alpha value is -3.06. The van der Waals surface area contributed by atoms with Gasteiger partial charge in [-0.2, -0.15) is 0 Å². The first-order valence-electron chi connectivity index (χ1n) is 7.20. The Balaban J connectivity index is 1.55. The molecule has 0 aliphatic rings. The second-order valence-electron chi connectivity index (χ2n) is 5.01. The van der Waals surface area contributed by atoms with Crippen LogP contribution in [-0.2, 0) is 16.1 Å². The molecular weight excluding hydrogens is 351 g/mol. The van der Waals surface area contributed by atoms with E-state index in [0.717, 1.165) is 6.07 Å². The van der Waals surface area contributed by atoms with Crippen molar-refractivity contribution in [1.82, 2.24) is 5.32 Å². The molecule has 0 atom stereocenters. The molecule has 3 aromatic rings. The Morgan fingerprint density at radius 1 is 1.08 bits per heavy atom. The average molecular weight is 363 g/mol. The molecule has 0 bridgehead atoms. The van der Waals surface area contributed by atoms with E-state index < -0.39 is 17.6 Å². The molecule has 0 saturated carbocycles. The first kappa shape index (κ1) is 16.8. The van der Waals surface area contributed by atoms with Gasteiger partial charge in [0.15, 0.2) is 11.5 Å². The summed E-state index contributed by atoms with van der Waals surface area (Å²) in [6, 6.07) is 10.4. The van der Waals surface area contributed by atoms with E-state index in [0.29, 0.717) is 17.3 Å². The second-order valence-corrected chi connectivity index (χ2v) is 5.42. The average Bonchev–Trinajstić information content (AvgIpc) is 3.26. The Bertz CT molecular complexity index is 905. The molecule has 0 spiro atoms. The van der Waals surface area contributed by atoms with Crippen LogP contribution in [0.5, 0.6) is 0 Å².